The van der Waals surface area contributed by atoms with Crippen LogP contribution in [0.25, 0.3) is 0 Å². The van der Waals surface area contributed by atoms with Gasteiger partial charge in [0.05, 0.1) is 33.1 Å². The van der Waals surface area contributed by atoms with Gasteiger partial charge in [-0.2, -0.15) is 10.3 Å². The molecule has 214 valence electrons. The van der Waals surface area contributed by atoms with E-state index < -0.39 is 0 Å². The molecule has 0 unspecified atom stereocenters. The Morgan fingerprint density at radius 1 is 1.23 bits per heavy atom. The van der Waals surface area contributed by atoms with Gasteiger partial charge in [-0.15, -0.1) is 0 Å². The second-order valence-electron chi connectivity index (χ2n) is 10.8. The monoisotopic (exact) mass is 585 g/mol. The van der Waals surface area contributed by atoms with E-state index in [1.54, 1.807) is 12.1 Å². The van der Waals surface area contributed by atoms with Gasteiger partial charge in [-0.3, -0.25) is 14.3 Å². The smallest absolute Gasteiger partial charge is 0.224 e. The summed E-state index contributed by atoms with van der Waals surface area (Å²) < 4.78 is 2.03. The highest BCUT2D eigenvalue weighted by Gasteiger charge is 2.30. The van der Waals surface area contributed by atoms with Crippen LogP contribution in [-0.4, -0.2) is 58.2 Å². The number of benzene rings is 1. The molecule has 1 saturated carbocycles. The molecule has 4 N–H and O–H groups in total. The number of nitrogens with zero attached hydrogens (tertiary/aromatic N) is 6. The van der Waals surface area contributed by atoms with Gasteiger partial charge in [0.25, 0.3) is 0 Å². The van der Waals surface area contributed by atoms with E-state index in [9.17, 15) is 10.1 Å². The van der Waals surface area contributed by atoms with Crippen LogP contribution in [0.4, 0.5) is 17.5 Å². The second kappa shape index (κ2) is 13.0. The van der Waals surface area contributed by atoms with Gasteiger partial charge in [-0.05, 0) is 84.7 Å². The van der Waals surface area contributed by atoms with Gasteiger partial charge in [0, 0.05) is 30.6 Å². The number of nitrogens with two attached hydrogens (primary N) is 1. The molecule has 2 heterocycles. The predicted molar refractivity (Wildman–Crippen MR) is 161 cm³/mol. The molecule has 0 bridgehead atoms. The molecule has 1 aliphatic carbocycles. The van der Waals surface area contributed by atoms with Gasteiger partial charge in [0.2, 0.25) is 17.8 Å². The average Bonchev–Trinajstić information content (AvgIpc) is 3.24. The van der Waals surface area contributed by atoms with Crippen LogP contribution in [0, 0.1) is 24.2 Å². The predicted octanol–water partition coefficient (Wildman–Crippen LogP) is 5.48. The number of primary amides is 1. The number of amides is 1. The van der Waals surface area contributed by atoms with Crippen LogP contribution in [0.15, 0.2) is 22.1 Å². The SMILES string of the molecule is C=N/C(=N\c1c(C)nc(Nc2c(Cl)cc(C#N)cc2Cl)n1[C@H]1CC[C@@H](C(N)=O)CC1)N[C@@H]1CCCN(C(C)C)C1. The Kier molecular flexibility index (Phi) is 9.72. The van der Waals surface area contributed by atoms with Crippen molar-refractivity contribution in [3.05, 3.63) is 33.4 Å². The highest BCUT2D eigenvalue weighted by molar-refractivity contribution is 6.39. The number of carbonyl (C=O) groups excluding carboxylic acids is 1. The maximum atomic E-state index is 11.8. The van der Waals surface area contributed by atoms with E-state index in [4.69, 9.17) is 38.9 Å². The molecule has 1 aromatic carbocycles. The van der Waals surface area contributed by atoms with E-state index in [1.165, 1.54) is 0 Å². The first-order chi connectivity index (χ1) is 19.1. The molecule has 1 saturated heterocycles. The number of piperidine rings is 1. The summed E-state index contributed by atoms with van der Waals surface area (Å²) in [6, 6.07) is 5.85. The van der Waals surface area contributed by atoms with Gasteiger partial charge in [-0.1, -0.05) is 23.2 Å². The Bertz CT molecular complexity index is 1300. The Balaban J connectivity index is 1.70. The molecule has 2 fully saturated rings. The lowest BCUT2D eigenvalue weighted by Gasteiger charge is -2.35. The number of aromatic nitrogens is 2. The van der Waals surface area contributed by atoms with Crippen LogP contribution in [0.5, 0.6) is 0 Å². The molecule has 10 nitrogen and oxygen atoms in total. The lowest BCUT2D eigenvalue weighted by atomic mass is 9.85. The first-order valence-corrected chi connectivity index (χ1v) is 14.5. The quantitative estimate of drug-likeness (QED) is 0.290. The van der Waals surface area contributed by atoms with Gasteiger partial charge in [0.1, 0.15) is 0 Å². The van der Waals surface area contributed by atoms with Crippen molar-refractivity contribution in [3.63, 3.8) is 0 Å². The Morgan fingerprint density at radius 2 is 1.90 bits per heavy atom. The Labute approximate surface area is 245 Å². The zero-order valence-electron chi connectivity index (χ0n) is 23.3. The molecule has 1 aromatic heterocycles. The van der Waals surface area contributed by atoms with Crippen molar-refractivity contribution in [2.75, 3.05) is 18.4 Å². The molecule has 40 heavy (non-hydrogen) atoms. The number of aliphatic imine (C=N–C) groups is 2. The van der Waals surface area contributed by atoms with Gasteiger partial charge >= 0.3 is 0 Å². The van der Waals surface area contributed by atoms with E-state index in [-0.39, 0.29) is 23.9 Å². The standard InChI is InChI=1S/C28H37Cl2N9O/c1-16(2)38-11-5-6-20(15-38)35-27(33-4)37-26-17(3)34-28(36-24-22(29)12-18(14-31)13-23(24)30)39(26)21-9-7-19(8-10-21)25(32)40/h12-13,16,19-21H,4-11,15H2,1-3H3,(H2,32,40)(H,34,36)(H,35,37)/t19-,20-,21+/m1/s1. The van der Waals surface area contributed by atoms with Crippen molar-refractivity contribution >= 4 is 59.2 Å². The normalized spacial score (nSPS) is 22.1. The van der Waals surface area contributed by atoms with Gasteiger partial charge < -0.3 is 16.4 Å². The first-order valence-electron chi connectivity index (χ1n) is 13.7. The van der Waals surface area contributed by atoms with Crippen LogP contribution in [0.3, 0.4) is 0 Å². The van der Waals surface area contributed by atoms with Crippen molar-refractivity contribution in [1.82, 2.24) is 19.8 Å². The molecule has 12 heteroatoms. The summed E-state index contributed by atoms with van der Waals surface area (Å²) in [6.45, 7) is 12.1. The number of aryl methyl sites for hydroxylation is 1. The summed E-state index contributed by atoms with van der Waals surface area (Å²) in [5, 5.41) is 16.7. The van der Waals surface area contributed by atoms with E-state index in [1.807, 2.05) is 11.5 Å². The number of imidazole rings is 1. The summed E-state index contributed by atoms with van der Waals surface area (Å²) in [5.74, 6) is 1.18. The van der Waals surface area contributed by atoms with E-state index in [0.29, 0.717) is 63.6 Å². The average molecular weight is 587 g/mol. The van der Waals surface area contributed by atoms with Crippen molar-refractivity contribution in [2.45, 2.75) is 77.4 Å². The molecular weight excluding hydrogens is 549 g/mol. The summed E-state index contributed by atoms with van der Waals surface area (Å²) in [7, 11) is 0. The largest absolute Gasteiger partial charge is 0.369 e. The van der Waals surface area contributed by atoms with Crippen molar-refractivity contribution < 1.29 is 4.79 Å². The van der Waals surface area contributed by atoms with Crippen LogP contribution in [0.2, 0.25) is 10.0 Å². The zero-order valence-corrected chi connectivity index (χ0v) is 24.8. The molecule has 4 rings (SSSR count). The third-order valence-electron chi connectivity index (χ3n) is 7.80. The summed E-state index contributed by atoms with van der Waals surface area (Å²) in [4.78, 5) is 28.2. The molecule has 1 amide bonds. The highest BCUT2D eigenvalue weighted by Crippen LogP contribution is 2.41. The molecule has 2 aliphatic rings. The summed E-state index contributed by atoms with van der Waals surface area (Å²) >= 11 is 13.0. The molecule has 1 aliphatic heterocycles. The Morgan fingerprint density at radius 3 is 2.48 bits per heavy atom. The molecule has 0 radical (unpaired) electrons. The van der Waals surface area contributed by atoms with Crippen LogP contribution in [-0.2, 0) is 4.79 Å². The topological polar surface area (TPSA) is 137 Å². The number of likely N-dealkylation sites (tertiary alicyclic amines) is 1. The minimum absolute atomic E-state index is 0.00570. The van der Waals surface area contributed by atoms with Gasteiger partial charge in [0.15, 0.2) is 5.82 Å². The lowest BCUT2D eigenvalue weighted by molar-refractivity contribution is -0.122. The number of rotatable bonds is 7. The maximum absolute atomic E-state index is 11.8. The second-order valence-corrected chi connectivity index (χ2v) is 11.7. The van der Waals surface area contributed by atoms with E-state index in [2.05, 4.69) is 47.2 Å². The molecule has 1 atom stereocenters. The molecule has 0 spiro atoms. The third-order valence-corrected chi connectivity index (χ3v) is 8.40. The lowest BCUT2D eigenvalue weighted by Crippen LogP contribution is -2.49. The minimum Gasteiger partial charge on any atom is -0.369 e. The highest BCUT2D eigenvalue weighted by atomic mass is 35.5. The van der Waals surface area contributed by atoms with Crippen LogP contribution >= 0.6 is 23.2 Å². The number of nitrogens with one attached hydrogen (secondary N) is 2. The number of guanidine groups is 1. The zero-order chi connectivity index (χ0) is 29.0. The van der Waals surface area contributed by atoms with Crippen LogP contribution in [0.1, 0.15) is 69.7 Å². The maximum Gasteiger partial charge on any atom is 0.224 e. The van der Waals surface area contributed by atoms with Crippen molar-refractivity contribution in [1.29, 1.82) is 5.26 Å². The third kappa shape index (κ3) is 6.77. The first kappa shape index (κ1) is 29.8. The molecule has 2 aromatic rings. The summed E-state index contributed by atoms with van der Waals surface area (Å²) in [6.07, 6.45) is 4.93. The van der Waals surface area contributed by atoms with E-state index >= 15 is 0 Å². The fourth-order valence-electron chi connectivity index (χ4n) is 5.58. The Hall–Kier alpha value is -3.13. The van der Waals surface area contributed by atoms with Gasteiger partial charge in [-0.25, -0.2) is 9.98 Å². The fraction of sp³-hybridized carbons (Fsp3) is 0.536. The van der Waals surface area contributed by atoms with Crippen LogP contribution < -0.4 is 16.4 Å². The fourth-order valence-corrected chi connectivity index (χ4v) is 6.16. The van der Waals surface area contributed by atoms with Crippen molar-refractivity contribution in [3.8, 4) is 6.07 Å². The van der Waals surface area contributed by atoms with E-state index in [0.717, 1.165) is 38.8 Å². The number of nitriles is 1. The molecular formula is C28H37Cl2N9O. The number of hydrogen-bond acceptors (Lipinski definition) is 6. The number of hydrogen-bond donors (Lipinski definition) is 3. The summed E-state index contributed by atoms with van der Waals surface area (Å²) in [5.41, 5.74) is 7.10. The number of halogens is 2. The number of carbonyl (C=O) groups is 1. The van der Waals surface area contributed by atoms with Crippen molar-refractivity contribution in [2.24, 2.45) is 21.6 Å². The minimum atomic E-state index is -0.265. The number of anilines is 2.